The molecule has 0 bridgehead atoms. The van der Waals surface area contributed by atoms with Crippen molar-refractivity contribution in [3.63, 3.8) is 0 Å². The fraction of sp³-hybridized carbons (Fsp3) is 0.519. The lowest BCUT2D eigenvalue weighted by Crippen LogP contribution is -2.58. The fourth-order valence-corrected chi connectivity index (χ4v) is 5.03. The number of aliphatic hydroxyl groups is 5. The smallest absolute Gasteiger partial charge is 0.202 e. The van der Waals surface area contributed by atoms with Crippen LogP contribution in [0.4, 0.5) is 0 Å². The number of hydrogen-bond donors (Lipinski definition) is 8. The van der Waals surface area contributed by atoms with Crippen molar-refractivity contribution in [1.82, 2.24) is 0 Å². The molecule has 3 aliphatic rings. The van der Waals surface area contributed by atoms with Crippen molar-refractivity contribution in [2.24, 2.45) is 0 Å². The Hall–Kier alpha value is -3.21. The van der Waals surface area contributed by atoms with Crippen LogP contribution in [0.2, 0.25) is 0 Å². The van der Waals surface area contributed by atoms with Gasteiger partial charge in [0.15, 0.2) is 23.6 Å². The van der Waals surface area contributed by atoms with Crippen LogP contribution < -0.4 is 9.47 Å². The van der Waals surface area contributed by atoms with Gasteiger partial charge in [0.25, 0.3) is 0 Å². The molecule has 224 valence electrons. The molecule has 2 saturated heterocycles. The van der Waals surface area contributed by atoms with Gasteiger partial charge in [0.2, 0.25) is 6.29 Å². The molecule has 0 amide bonds. The van der Waals surface area contributed by atoms with Gasteiger partial charge in [0, 0.05) is 18.6 Å². The number of carbonyl (C=O) groups excluding carboxylic acids is 1. The van der Waals surface area contributed by atoms with Gasteiger partial charge in [-0.3, -0.25) is 4.79 Å². The van der Waals surface area contributed by atoms with Crippen LogP contribution in [0.3, 0.4) is 0 Å². The van der Waals surface area contributed by atoms with Crippen molar-refractivity contribution < 1.29 is 69.3 Å². The molecule has 0 spiro atoms. The van der Waals surface area contributed by atoms with E-state index in [-0.39, 0.29) is 48.0 Å². The van der Waals surface area contributed by atoms with Gasteiger partial charge >= 0.3 is 0 Å². The van der Waals surface area contributed by atoms with Crippen molar-refractivity contribution in [3.05, 3.63) is 41.5 Å². The zero-order chi connectivity index (χ0) is 29.6. The van der Waals surface area contributed by atoms with Gasteiger partial charge in [0.1, 0.15) is 59.4 Å². The second-order valence-electron chi connectivity index (χ2n) is 10.3. The Morgan fingerprint density at radius 1 is 0.878 bits per heavy atom. The number of hydrogen-bond acceptors (Lipinski definition) is 14. The van der Waals surface area contributed by atoms with Crippen molar-refractivity contribution in [2.75, 3.05) is 6.61 Å². The van der Waals surface area contributed by atoms with Crippen molar-refractivity contribution in [3.8, 4) is 28.7 Å². The van der Waals surface area contributed by atoms with Gasteiger partial charge in [-0.25, -0.2) is 0 Å². The molecule has 2 fully saturated rings. The number of aromatic hydroxyl groups is 3. The molecule has 0 aromatic heterocycles. The highest BCUT2D eigenvalue weighted by Gasteiger charge is 2.44. The van der Waals surface area contributed by atoms with Crippen molar-refractivity contribution in [2.45, 2.75) is 81.2 Å². The zero-order valence-corrected chi connectivity index (χ0v) is 21.8. The summed E-state index contributed by atoms with van der Waals surface area (Å²) < 4.78 is 28.3. The van der Waals surface area contributed by atoms with Gasteiger partial charge in [-0.05, 0) is 24.6 Å². The summed E-state index contributed by atoms with van der Waals surface area (Å²) in [6.45, 7) is 1.10. The average Bonchev–Trinajstić information content (AvgIpc) is 2.92. The van der Waals surface area contributed by atoms with Crippen LogP contribution in [-0.2, 0) is 14.2 Å². The monoisotopic (exact) mass is 580 g/mol. The Bertz CT molecular complexity index is 1270. The first-order chi connectivity index (χ1) is 19.4. The third kappa shape index (κ3) is 5.91. The highest BCUT2D eigenvalue weighted by atomic mass is 16.7. The maximum atomic E-state index is 12.8. The Kier molecular flexibility index (Phi) is 8.27. The molecule has 5 rings (SSSR count). The molecule has 3 heterocycles. The molecular formula is C27H32O14. The van der Waals surface area contributed by atoms with E-state index in [9.17, 15) is 45.6 Å². The first-order valence-electron chi connectivity index (χ1n) is 13.0. The molecule has 3 aliphatic heterocycles. The van der Waals surface area contributed by atoms with E-state index in [1.165, 1.54) is 37.3 Å². The van der Waals surface area contributed by atoms with E-state index >= 15 is 0 Å². The highest BCUT2D eigenvalue weighted by molar-refractivity contribution is 6.02. The van der Waals surface area contributed by atoms with E-state index in [0.717, 1.165) is 0 Å². The molecule has 14 nitrogen and oxygen atoms in total. The number of rotatable bonds is 6. The molecule has 2 aromatic rings. The Morgan fingerprint density at radius 3 is 2.37 bits per heavy atom. The lowest BCUT2D eigenvalue weighted by molar-refractivity contribution is -0.309. The molecule has 14 heteroatoms. The third-order valence-electron chi connectivity index (χ3n) is 7.38. The molecule has 0 radical (unpaired) electrons. The van der Waals surface area contributed by atoms with Gasteiger partial charge in [0.05, 0.1) is 25.2 Å². The normalized spacial score (nSPS) is 35.4. The van der Waals surface area contributed by atoms with Crippen LogP contribution in [0.15, 0.2) is 30.3 Å². The van der Waals surface area contributed by atoms with E-state index in [4.69, 9.17) is 23.7 Å². The van der Waals surface area contributed by atoms with Crippen LogP contribution >= 0.6 is 0 Å². The minimum Gasteiger partial charge on any atom is -0.507 e. The number of aliphatic hydroxyl groups excluding tert-OH is 5. The molecule has 8 N–H and O–H groups in total. The summed E-state index contributed by atoms with van der Waals surface area (Å²) >= 11 is 0. The zero-order valence-electron chi connectivity index (χ0n) is 21.8. The van der Waals surface area contributed by atoms with E-state index in [1.807, 2.05) is 0 Å². The summed E-state index contributed by atoms with van der Waals surface area (Å²) in [7, 11) is 0. The first kappa shape index (κ1) is 29.3. The average molecular weight is 581 g/mol. The lowest BCUT2D eigenvalue weighted by Gasteiger charge is -2.41. The van der Waals surface area contributed by atoms with Crippen LogP contribution in [0.25, 0.3) is 0 Å². The number of ether oxygens (including phenoxy) is 5. The van der Waals surface area contributed by atoms with Crippen LogP contribution in [0, 0.1) is 0 Å². The molecule has 0 saturated carbocycles. The molecule has 0 aliphatic carbocycles. The van der Waals surface area contributed by atoms with Crippen molar-refractivity contribution in [1.29, 1.82) is 0 Å². The number of fused-ring (bicyclic) bond motifs is 1. The van der Waals surface area contributed by atoms with Crippen LogP contribution in [0.5, 0.6) is 28.7 Å². The van der Waals surface area contributed by atoms with E-state index in [0.29, 0.717) is 5.56 Å². The highest BCUT2D eigenvalue weighted by Crippen LogP contribution is 2.43. The van der Waals surface area contributed by atoms with Gasteiger partial charge in [-0.1, -0.05) is 6.07 Å². The van der Waals surface area contributed by atoms with Gasteiger partial charge in [-0.15, -0.1) is 0 Å². The van der Waals surface area contributed by atoms with Crippen LogP contribution in [0.1, 0.15) is 41.8 Å². The minimum atomic E-state index is -1.57. The number of phenolic OH excluding ortho intramolecular Hbond substituents is 3. The number of Topliss-reactive ketones (excluding diaryl/α,β-unsaturated/α-hetero) is 1. The van der Waals surface area contributed by atoms with E-state index in [2.05, 4.69) is 0 Å². The SMILES string of the molecule is C[C@@H]1O[C@@H](OC[C@@H]2O[C@@H](Oc3cc(O)c4c(c3)O[C@@H](c3ccc(O)c(O)c3)CC4=O)C[C@H](O)[C@@H]2O)[C@H](O)[C@H](O)[C@H]1O. The third-order valence-corrected chi connectivity index (χ3v) is 7.38. The molecule has 10 atom stereocenters. The second-order valence-corrected chi connectivity index (χ2v) is 10.3. The fourth-order valence-electron chi connectivity index (χ4n) is 5.03. The largest absolute Gasteiger partial charge is 0.507 e. The van der Waals surface area contributed by atoms with Crippen LogP contribution in [-0.4, -0.2) is 109 Å². The Labute approximate surface area is 233 Å². The van der Waals surface area contributed by atoms with Gasteiger partial charge < -0.3 is 64.5 Å². The maximum absolute atomic E-state index is 12.8. The summed E-state index contributed by atoms with van der Waals surface area (Å²) in [5.41, 5.74) is 0.361. The van der Waals surface area contributed by atoms with E-state index in [1.54, 1.807) is 0 Å². The van der Waals surface area contributed by atoms with Crippen molar-refractivity contribution >= 4 is 5.78 Å². The number of phenols is 3. The lowest BCUT2D eigenvalue weighted by atomic mass is 9.95. The molecule has 41 heavy (non-hydrogen) atoms. The summed E-state index contributed by atoms with van der Waals surface area (Å²) in [5.74, 6) is -1.52. The predicted molar refractivity (Wildman–Crippen MR) is 134 cm³/mol. The Morgan fingerprint density at radius 2 is 1.63 bits per heavy atom. The first-order valence-corrected chi connectivity index (χ1v) is 13.0. The topological polar surface area (TPSA) is 225 Å². The predicted octanol–water partition coefficient (Wildman–Crippen LogP) is -0.430. The summed E-state index contributed by atoms with van der Waals surface area (Å²) in [6, 6.07) is 6.55. The quantitative estimate of drug-likeness (QED) is 0.203. The van der Waals surface area contributed by atoms with E-state index < -0.39 is 72.9 Å². The summed E-state index contributed by atoms with van der Waals surface area (Å²) in [5, 5.41) is 80.8. The number of ketones is 1. The molecule has 2 aromatic carbocycles. The molecule has 0 unspecified atom stereocenters. The molecular weight excluding hydrogens is 548 g/mol. The Balaban J connectivity index is 1.27. The maximum Gasteiger partial charge on any atom is 0.202 e. The number of benzene rings is 2. The second kappa shape index (κ2) is 11.6. The standard InChI is InChI=1S/C27H32O14/c1-10-23(33)25(35)26(36)27(38-10)37-9-20-24(34)17(32)8-21(41-20)39-12-5-15(30)22-16(31)7-18(40-19(22)6-12)11-2-3-13(28)14(29)4-11/h2-6,10,17-18,20-21,23-30,32-36H,7-9H2,1H3/t10-,17-,18+,20-,21+,23-,24-,25+,26+,27+/m0/s1. The minimum absolute atomic E-state index is 0.00314. The van der Waals surface area contributed by atoms with Gasteiger partial charge in [-0.2, -0.15) is 0 Å². The number of carbonyl (C=O) groups is 1. The summed E-state index contributed by atoms with van der Waals surface area (Å²) in [6.07, 6.45) is -12.7. The summed E-state index contributed by atoms with van der Waals surface area (Å²) in [4.78, 5) is 12.8.